The highest BCUT2D eigenvalue weighted by Crippen LogP contribution is 2.31. The summed E-state index contributed by atoms with van der Waals surface area (Å²) in [5.74, 6) is 2.16. The summed E-state index contributed by atoms with van der Waals surface area (Å²) in [6.07, 6.45) is 19.4. The lowest BCUT2D eigenvalue weighted by Crippen LogP contribution is -1.92. The van der Waals surface area contributed by atoms with Crippen molar-refractivity contribution in [2.45, 2.75) is 117 Å². The Labute approximate surface area is 202 Å². The first-order valence-corrected chi connectivity index (χ1v) is 13.5. The predicted octanol–water partition coefficient (Wildman–Crippen LogP) is 9.48. The minimum atomic E-state index is 0.346. The van der Waals surface area contributed by atoms with Crippen LogP contribution in [0.5, 0.6) is 23.0 Å². The van der Waals surface area contributed by atoms with Gasteiger partial charge in [-0.2, -0.15) is 0 Å². The van der Waals surface area contributed by atoms with Crippen LogP contribution >= 0.6 is 0 Å². The molecule has 0 aliphatic carbocycles. The smallest absolute Gasteiger partial charge is 0.127 e. The van der Waals surface area contributed by atoms with Crippen molar-refractivity contribution < 1.29 is 14.9 Å². The maximum absolute atomic E-state index is 10.3. The van der Waals surface area contributed by atoms with Crippen LogP contribution in [0.2, 0.25) is 0 Å². The molecule has 0 atom stereocenters. The summed E-state index contributed by atoms with van der Waals surface area (Å²) in [6, 6.07) is 11.0. The molecular weight excluding hydrogens is 408 g/mol. The summed E-state index contributed by atoms with van der Waals surface area (Å²) >= 11 is 0. The number of hydrogen-bond acceptors (Lipinski definition) is 3. The fourth-order valence-electron chi connectivity index (χ4n) is 4.33. The largest absolute Gasteiger partial charge is 0.508 e. The molecular formula is C30H46O3. The van der Waals surface area contributed by atoms with Crippen LogP contribution in [0, 0.1) is 0 Å². The Morgan fingerprint density at radius 2 is 0.879 bits per heavy atom. The quantitative estimate of drug-likeness (QED) is 0.220. The molecule has 0 aromatic heterocycles. The summed E-state index contributed by atoms with van der Waals surface area (Å²) in [7, 11) is 0. The van der Waals surface area contributed by atoms with E-state index < -0.39 is 0 Å². The normalized spacial score (nSPS) is 11.1. The van der Waals surface area contributed by atoms with E-state index in [4.69, 9.17) is 4.74 Å². The van der Waals surface area contributed by atoms with Crippen LogP contribution in [-0.2, 0) is 12.8 Å². The third kappa shape index (κ3) is 11.0. The van der Waals surface area contributed by atoms with Gasteiger partial charge in [0.1, 0.15) is 23.0 Å². The second-order valence-electron chi connectivity index (χ2n) is 9.43. The third-order valence-corrected chi connectivity index (χ3v) is 6.44. The van der Waals surface area contributed by atoms with Crippen molar-refractivity contribution in [1.29, 1.82) is 0 Å². The Kier molecular flexibility index (Phi) is 13.5. The number of hydrogen-bond donors (Lipinski definition) is 2. The third-order valence-electron chi connectivity index (χ3n) is 6.44. The van der Waals surface area contributed by atoms with Gasteiger partial charge in [-0.1, -0.05) is 90.9 Å². The van der Waals surface area contributed by atoms with Crippen molar-refractivity contribution in [3.05, 3.63) is 47.5 Å². The number of aromatic hydroxyl groups is 2. The molecule has 0 bridgehead atoms. The van der Waals surface area contributed by atoms with Crippen molar-refractivity contribution in [3.63, 3.8) is 0 Å². The second kappa shape index (κ2) is 16.5. The van der Waals surface area contributed by atoms with Crippen LogP contribution in [0.3, 0.4) is 0 Å². The minimum Gasteiger partial charge on any atom is -0.508 e. The van der Waals surface area contributed by atoms with E-state index in [1.165, 1.54) is 77.0 Å². The molecule has 0 aliphatic heterocycles. The van der Waals surface area contributed by atoms with Crippen LogP contribution in [0.4, 0.5) is 0 Å². The average Bonchev–Trinajstić information content (AvgIpc) is 2.81. The summed E-state index contributed by atoms with van der Waals surface area (Å²) in [6.45, 7) is 4.49. The van der Waals surface area contributed by atoms with Gasteiger partial charge in [-0.25, -0.2) is 0 Å². The fourth-order valence-corrected chi connectivity index (χ4v) is 4.33. The molecule has 0 fully saturated rings. The monoisotopic (exact) mass is 454 g/mol. The Balaban J connectivity index is 1.83. The minimum absolute atomic E-state index is 0.346. The van der Waals surface area contributed by atoms with E-state index in [0.717, 1.165) is 48.3 Å². The molecule has 3 heteroatoms. The number of aryl methyl sites for hydroxylation is 2. The van der Waals surface area contributed by atoms with E-state index in [9.17, 15) is 10.2 Å². The van der Waals surface area contributed by atoms with Gasteiger partial charge in [0, 0.05) is 0 Å². The number of rotatable bonds is 18. The second-order valence-corrected chi connectivity index (χ2v) is 9.43. The molecule has 184 valence electrons. The lowest BCUT2D eigenvalue weighted by atomic mass is 10.0. The molecule has 0 spiro atoms. The van der Waals surface area contributed by atoms with Crippen LogP contribution in [0.1, 0.15) is 115 Å². The van der Waals surface area contributed by atoms with E-state index in [0.29, 0.717) is 11.5 Å². The first-order chi connectivity index (χ1) is 16.1. The van der Waals surface area contributed by atoms with E-state index in [1.54, 1.807) is 12.1 Å². The zero-order valence-corrected chi connectivity index (χ0v) is 21.1. The highest BCUT2D eigenvalue weighted by Gasteiger charge is 2.08. The van der Waals surface area contributed by atoms with Gasteiger partial charge in [-0.15, -0.1) is 0 Å². The lowest BCUT2D eigenvalue weighted by molar-refractivity contribution is 0.450. The summed E-state index contributed by atoms with van der Waals surface area (Å²) in [4.78, 5) is 0. The first kappa shape index (κ1) is 27.1. The Morgan fingerprint density at radius 1 is 0.515 bits per heavy atom. The maximum atomic E-state index is 10.3. The van der Waals surface area contributed by atoms with E-state index in [2.05, 4.69) is 13.8 Å². The average molecular weight is 455 g/mol. The molecule has 0 saturated carbocycles. The van der Waals surface area contributed by atoms with Crippen LogP contribution in [-0.4, -0.2) is 10.2 Å². The molecule has 0 aliphatic rings. The molecule has 2 aromatic carbocycles. The number of phenols is 2. The lowest BCUT2D eigenvalue weighted by Gasteiger charge is -2.12. The van der Waals surface area contributed by atoms with Gasteiger partial charge >= 0.3 is 0 Å². The maximum Gasteiger partial charge on any atom is 0.127 e. The summed E-state index contributed by atoms with van der Waals surface area (Å²) in [5.41, 5.74) is 1.89. The Hall–Kier alpha value is -2.16. The van der Waals surface area contributed by atoms with Crippen molar-refractivity contribution >= 4 is 0 Å². The number of unbranched alkanes of at least 4 members (excludes halogenated alkanes) is 12. The molecule has 0 heterocycles. The van der Waals surface area contributed by atoms with Gasteiger partial charge in [0.25, 0.3) is 0 Å². The van der Waals surface area contributed by atoms with Crippen molar-refractivity contribution in [3.8, 4) is 23.0 Å². The van der Waals surface area contributed by atoms with Gasteiger partial charge in [0.2, 0.25) is 0 Å². The van der Waals surface area contributed by atoms with Gasteiger partial charge in [0.15, 0.2) is 0 Å². The van der Waals surface area contributed by atoms with E-state index in [-0.39, 0.29) is 0 Å². The van der Waals surface area contributed by atoms with Crippen LogP contribution in [0.15, 0.2) is 36.4 Å². The van der Waals surface area contributed by atoms with E-state index in [1.807, 2.05) is 24.3 Å². The zero-order valence-electron chi connectivity index (χ0n) is 21.1. The molecule has 0 amide bonds. The molecule has 0 saturated heterocycles. The molecule has 33 heavy (non-hydrogen) atoms. The van der Waals surface area contributed by atoms with Gasteiger partial charge in [0.05, 0.1) is 0 Å². The fraction of sp³-hybridized carbons (Fsp3) is 0.600. The van der Waals surface area contributed by atoms with Gasteiger partial charge < -0.3 is 14.9 Å². The summed E-state index contributed by atoms with van der Waals surface area (Å²) < 4.78 is 6.09. The number of phenolic OH excluding ortho intramolecular Hbond substituents is 2. The molecule has 3 nitrogen and oxygen atoms in total. The van der Waals surface area contributed by atoms with Crippen LogP contribution in [0.25, 0.3) is 0 Å². The Bertz CT molecular complexity index is 719. The standard InChI is InChI=1S/C30H46O3/c1-3-5-7-9-11-13-15-17-25-23-27(19-21-29(25)31)33-28-20-22-30(32)26(24-28)18-16-14-12-10-8-6-4-2/h19-24,31-32H,3-18H2,1-2H3. The molecule has 2 aromatic rings. The Morgan fingerprint density at radius 3 is 1.27 bits per heavy atom. The highest BCUT2D eigenvalue weighted by atomic mass is 16.5. The van der Waals surface area contributed by atoms with Gasteiger partial charge in [-0.05, 0) is 73.2 Å². The van der Waals surface area contributed by atoms with Crippen molar-refractivity contribution in [2.24, 2.45) is 0 Å². The highest BCUT2D eigenvalue weighted by molar-refractivity contribution is 5.44. The zero-order chi connectivity index (χ0) is 23.7. The molecule has 0 radical (unpaired) electrons. The SMILES string of the molecule is CCCCCCCCCc1cc(Oc2ccc(O)c(CCCCCCCCC)c2)ccc1O. The topological polar surface area (TPSA) is 49.7 Å². The predicted molar refractivity (Wildman–Crippen MR) is 140 cm³/mol. The molecule has 2 rings (SSSR count). The van der Waals surface area contributed by atoms with Crippen molar-refractivity contribution in [1.82, 2.24) is 0 Å². The first-order valence-electron chi connectivity index (χ1n) is 13.5. The summed E-state index contributed by atoms with van der Waals surface area (Å²) in [5, 5.41) is 20.5. The van der Waals surface area contributed by atoms with Crippen LogP contribution < -0.4 is 4.74 Å². The molecule has 2 N–H and O–H groups in total. The van der Waals surface area contributed by atoms with Crippen molar-refractivity contribution in [2.75, 3.05) is 0 Å². The number of benzene rings is 2. The molecule has 0 unspecified atom stereocenters. The van der Waals surface area contributed by atoms with Gasteiger partial charge in [-0.3, -0.25) is 0 Å². The number of ether oxygens (including phenoxy) is 1. The van der Waals surface area contributed by atoms with E-state index >= 15 is 0 Å².